The van der Waals surface area contributed by atoms with Crippen molar-refractivity contribution in [3.05, 3.63) is 47.8 Å². The van der Waals surface area contributed by atoms with Gasteiger partial charge in [-0.3, -0.25) is 4.79 Å². The molecule has 6 nitrogen and oxygen atoms in total. The molecule has 0 unspecified atom stereocenters. The van der Waals surface area contributed by atoms with Crippen LogP contribution in [0.1, 0.15) is 28.8 Å². The summed E-state index contributed by atoms with van der Waals surface area (Å²) in [5.41, 5.74) is 2.87. The standard InChI is InChI=1S/C22H24BN3O3/c1-14-11-24-20-19(14)18(22(27)26(2)13-15-6-8-28-9-7-15)12-25-21(20)29-17-5-3-4-16(23)10-17/h3-5,10-12,15,24H,6-9,13H2,1-2H3. The highest BCUT2D eigenvalue weighted by Crippen LogP contribution is 2.31. The Hall–Kier alpha value is -2.80. The SMILES string of the molecule is [B]c1cccc(Oc2ncc(C(=O)N(C)CC3CCOCC3)c3c(C)c[nH]c23)c1. The number of aromatic amines is 1. The first kappa shape index (κ1) is 19.5. The third kappa shape index (κ3) is 4.15. The summed E-state index contributed by atoms with van der Waals surface area (Å²) in [6.07, 6.45) is 5.45. The molecule has 1 N–H and O–H groups in total. The van der Waals surface area contributed by atoms with Crippen molar-refractivity contribution >= 4 is 30.1 Å². The maximum Gasteiger partial charge on any atom is 0.255 e. The van der Waals surface area contributed by atoms with Crippen LogP contribution in [0.3, 0.4) is 0 Å². The van der Waals surface area contributed by atoms with Crippen LogP contribution >= 0.6 is 0 Å². The van der Waals surface area contributed by atoms with E-state index in [0.717, 1.165) is 37.0 Å². The van der Waals surface area contributed by atoms with E-state index < -0.39 is 0 Å². The minimum Gasteiger partial charge on any atom is -0.437 e. The van der Waals surface area contributed by atoms with Gasteiger partial charge in [-0.2, -0.15) is 0 Å². The molecule has 1 aromatic carbocycles. The van der Waals surface area contributed by atoms with Gasteiger partial charge in [0.25, 0.3) is 5.91 Å². The number of ether oxygens (including phenoxy) is 2. The third-order valence-electron chi connectivity index (χ3n) is 5.39. The van der Waals surface area contributed by atoms with Crippen molar-refractivity contribution in [2.24, 2.45) is 5.92 Å². The number of nitrogens with one attached hydrogen (secondary N) is 1. The molecular weight excluding hydrogens is 365 g/mol. The molecule has 3 heterocycles. The topological polar surface area (TPSA) is 67.4 Å². The molecule has 0 aliphatic carbocycles. The number of aryl methyl sites for hydroxylation is 1. The molecule has 1 aliphatic heterocycles. The third-order valence-corrected chi connectivity index (χ3v) is 5.39. The Labute approximate surface area is 171 Å². The van der Waals surface area contributed by atoms with Gasteiger partial charge < -0.3 is 19.4 Å². The minimum absolute atomic E-state index is 0.0350. The number of pyridine rings is 1. The maximum atomic E-state index is 13.2. The molecule has 0 saturated carbocycles. The molecule has 4 rings (SSSR count). The van der Waals surface area contributed by atoms with Crippen molar-refractivity contribution in [2.45, 2.75) is 19.8 Å². The van der Waals surface area contributed by atoms with E-state index in [1.165, 1.54) is 0 Å². The van der Waals surface area contributed by atoms with Gasteiger partial charge in [0.2, 0.25) is 5.88 Å². The molecule has 1 amide bonds. The fourth-order valence-electron chi connectivity index (χ4n) is 3.82. The number of carbonyl (C=O) groups excluding carboxylic acids is 1. The highest BCUT2D eigenvalue weighted by molar-refractivity contribution is 6.32. The van der Waals surface area contributed by atoms with Crippen molar-refractivity contribution in [3.63, 3.8) is 0 Å². The van der Waals surface area contributed by atoms with Crippen LogP contribution in [0, 0.1) is 12.8 Å². The summed E-state index contributed by atoms with van der Waals surface area (Å²) in [4.78, 5) is 22.6. The largest absolute Gasteiger partial charge is 0.437 e. The zero-order valence-corrected chi connectivity index (χ0v) is 16.8. The average Bonchev–Trinajstić information content (AvgIpc) is 3.11. The summed E-state index contributed by atoms with van der Waals surface area (Å²) >= 11 is 0. The average molecular weight is 389 g/mol. The molecule has 0 atom stereocenters. The highest BCUT2D eigenvalue weighted by atomic mass is 16.5. The first-order valence-electron chi connectivity index (χ1n) is 9.86. The number of carbonyl (C=O) groups is 1. The van der Waals surface area contributed by atoms with Crippen LogP contribution in [0.5, 0.6) is 11.6 Å². The van der Waals surface area contributed by atoms with Crippen LogP contribution < -0.4 is 10.2 Å². The van der Waals surface area contributed by atoms with Crippen LogP contribution in [0.15, 0.2) is 36.7 Å². The summed E-state index contributed by atoms with van der Waals surface area (Å²) in [7, 11) is 7.69. The first-order chi connectivity index (χ1) is 14.0. The Kier molecular flexibility index (Phi) is 5.58. The normalized spacial score (nSPS) is 14.8. The van der Waals surface area contributed by atoms with E-state index in [9.17, 15) is 4.79 Å². The van der Waals surface area contributed by atoms with Gasteiger partial charge in [0.1, 0.15) is 19.1 Å². The van der Waals surface area contributed by atoms with Crippen molar-refractivity contribution in [2.75, 3.05) is 26.8 Å². The molecule has 0 bridgehead atoms. The molecule has 2 aromatic heterocycles. The van der Waals surface area contributed by atoms with Crippen LogP contribution in [0.4, 0.5) is 0 Å². The van der Waals surface area contributed by atoms with Crippen LogP contribution in [0.25, 0.3) is 10.9 Å². The second-order valence-electron chi connectivity index (χ2n) is 7.61. The van der Waals surface area contributed by atoms with Crippen LogP contribution in [0.2, 0.25) is 0 Å². The smallest absolute Gasteiger partial charge is 0.255 e. The lowest BCUT2D eigenvalue weighted by Gasteiger charge is -2.27. The second-order valence-corrected chi connectivity index (χ2v) is 7.61. The van der Waals surface area contributed by atoms with E-state index in [1.807, 2.05) is 32.3 Å². The van der Waals surface area contributed by atoms with E-state index in [1.54, 1.807) is 23.2 Å². The lowest BCUT2D eigenvalue weighted by atomic mass is 9.96. The van der Waals surface area contributed by atoms with Gasteiger partial charge in [0, 0.05) is 44.6 Å². The van der Waals surface area contributed by atoms with Crippen molar-refractivity contribution in [3.8, 4) is 11.6 Å². The summed E-state index contributed by atoms with van der Waals surface area (Å²) in [5.74, 6) is 1.45. The van der Waals surface area contributed by atoms with Gasteiger partial charge >= 0.3 is 0 Å². The number of hydrogen-bond donors (Lipinski definition) is 1. The van der Waals surface area contributed by atoms with Gasteiger partial charge in [-0.1, -0.05) is 17.6 Å². The van der Waals surface area contributed by atoms with E-state index in [-0.39, 0.29) is 5.91 Å². The first-order valence-corrected chi connectivity index (χ1v) is 9.86. The molecule has 3 aromatic rings. The van der Waals surface area contributed by atoms with E-state index >= 15 is 0 Å². The number of hydrogen-bond acceptors (Lipinski definition) is 4. The fourth-order valence-corrected chi connectivity index (χ4v) is 3.82. The molecule has 29 heavy (non-hydrogen) atoms. The number of benzene rings is 1. The highest BCUT2D eigenvalue weighted by Gasteiger charge is 2.23. The monoisotopic (exact) mass is 389 g/mol. The Morgan fingerprint density at radius 3 is 2.93 bits per heavy atom. The molecule has 1 aliphatic rings. The number of amides is 1. The number of fused-ring (bicyclic) bond motifs is 1. The predicted octanol–water partition coefficient (Wildman–Crippen LogP) is 2.96. The van der Waals surface area contributed by atoms with Gasteiger partial charge in [-0.25, -0.2) is 4.98 Å². The second kappa shape index (κ2) is 8.29. The van der Waals surface area contributed by atoms with Crippen LogP contribution in [-0.4, -0.2) is 55.4 Å². The Morgan fingerprint density at radius 1 is 1.38 bits per heavy atom. The summed E-state index contributed by atoms with van der Waals surface area (Å²) < 4.78 is 11.4. The molecule has 1 fully saturated rings. The van der Waals surface area contributed by atoms with Crippen LogP contribution in [-0.2, 0) is 4.74 Å². The summed E-state index contributed by atoms with van der Waals surface area (Å²) in [6.45, 7) is 4.23. The van der Waals surface area contributed by atoms with Gasteiger partial charge in [0.05, 0.1) is 5.56 Å². The fraction of sp³-hybridized carbons (Fsp3) is 0.364. The number of rotatable bonds is 5. The Balaban J connectivity index is 1.62. The van der Waals surface area contributed by atoms with E-state index in [0.29, 0.717) is 40.6 Å². The minimum atomic E-state index is -0.0350. The van der Waals surface area contributed by atoms with Crippen molar-refractivity contribution in [1.82, 2.24) is 14.9 Å². The molecule has 7 heteroatoms. The lowest BCUT2D eigenvalue weighted by Crippen LogP contribution is -2.34. The molecular formula is C22H24BN3O3. The van der Waals surface area contributed by atoms with Gasteiger partial charge in [0.15, 0.2) is 0 Å². The predicted molar refractivity (Wildman–Crippen MR) is 113 cm³/mol. The maximum absolute atomic E-state index is 13.2. The van der Waals surface area contributed by atoms with Gasteiger partial charge in [-0.05, 0) is 43.4 Å². The summed E-state index contributed by atoms with van der Waals surface area (Å²) in [6, 6.07) is 7.18. The van der Waals surface area contributed by atoms with Gasteiger partial charge in [-0.15, -0.1) is 0 Å². The van der Waals surface area contributed by atoms with E-state index in [4.69, 9.17) is 17.3 Å². The number of nitrogens with zero attached hydrogens (tertiary/aromatic N) is 2. The summed E-state index contributed by atoms with van der Waals surface area (Å²) in [5, 5.41) is 0.836. The zero-order valence-electron chi connectivity index (χ0n) is 16.8. The lowest BCUT2D eigenvalue weighted by molar-refractivity contribution is 0.0498. The molecule has 148 valence electrons. The zero-order chi connectivity index (χ0) is 20.4. The van der Waals surface area contributed by atoms with Crippen molar-refractivity contribution < 1.29 is 14.3 Å². The van der Waals surface area contributed by atoms with Crippen molar-refractivity contribution in [1.29, 1.82) is 0 Å². The number of aromatic nitrogens is 2. The number of H-pyrrole nitrogens is 1. The Morgan fingerprint density at radius 2 is 2.17 bits per heavy atom. The molecule has 0 spiro atoms. The molecule has 2 radical (unpaired) electrons. The molecule has 1 saturated heterocycles. The van der Waals surface area contributed by atoms with E-state index in [2.05, 4.69) is 9.97 Å². The Bertz CT molecular complexity index is 1030. The quantitative estimate of drug-likeness (QED) is 0.682.